The highest BCUT2D eigenvalue weighted by atomic mass is 16.6. The van der Waals surface area contributed by atoms with Crippen LogP contribution >= 0.6 is 0 Å². The second-order valence-corrected chi connectivity index (χ2v) is 10.8. The number of aldehydes is 1. The zero-order valence-electron chi connectivity index (χ0n) is 24.3. The SMILES string of the molecule is CC(C)(C)OC(=O)N1CCc2cc(Nc3ncc(C=O)c(Nc4cccc(C(=O)O)c4)n3)ccc2C1.CNC(C)C. The molecule has 218 valence electrons. The minimum atomic E-state index is -1.05. The molecule has 3 aromatic rings. The van der Waals surface area contributed by atoms with Crippen LogP contribution in [0, 0.1) is 0 Å². The number of carbonyl (C=O) groups is 3. The highest BCUT2D eigenvalue weighted by Gasteiger charge is 2.25. The molecule has 11 heteroatoms. The van der Waals surface area contributed by atoms with E-state index in [-0.39, 0.29) is 29.0 Å². The second-order valence-electron chi connectivity index (χ2n) is 10.8. The van der Waals surface area contributed by atoms with E-state index in [0.29, 0.717) is 37.5 Å². The number of anilines is 4. The van der Waals surface area contributed by atoms with Crippen molar-refractivity contribution < 1.29 is 24.2 Å². The van der Waals surface area contributed by atoms with Crippen molar-refractivity contribution in [3.05, 3.63) is 70.9 Å². The molecule has 0 fully saturated rings. The van der Waals surface area contributed by atoms with Crippen molar-refractivity contribution in [3.8, 4) is 0 Å². The van der Waals surface area contributed by atoms with Crippen LogP contribution in [0.5, 0.6) is 0 Å². The number of hydrogen-bond donors (Lipinski definition) is 4. The first-order valence-corrected chi connectivity index (χ1v) is 13.3. The Labute approximate surface area is 240 Å². The van der Waals surface area contributed by atoms with Crippen molar-refractivity contribution in [2.45, 2.75) is 59.2 Å². The quantitative estimate of drug-likeness (QED) is 0.277. The van der Waals surface area contributed by atoms with E-state index in [1.54, 1.807) is 17.0 Å². The van der Waals surface area contributed by atoms with Gasteiger partial charge in [-0.05, 0) is 75.7 Å². The number of benzene rings is 2. The van der Waals surface area contributed by atoms with E-state index in [0.717, 1.165) is 16.8 Å². The van der Waals surface area contributed by atoms with E-state index in [1.165, 1.54) is 18.3 Å². The van der Waals surface area contributed by atoms with Gasteiger partial charge >= 0.3 is 12.1 Å². The summed E-state index contributed by atoms with van der Waals surface area (Å²) in [6.45, 7) is 10.8. The molecule has 41 heavy (non-hydrogen) atoms. The summed E-state index contributed by atoms with van der Waals surface area (Å²) < 4.78 is 5.48. The molecule has 0 radical (unpaired) electrons. The fourth-order valence-corrected chi connectivity index (χ4v) is 3.75. The molecule has 4 rings (SSSR count). The Hall–Kier alpha value is -4.51. The van der Waals surface area contributed by atoms with Gasteiger partial charge in [-0.25, -0.2) is 14.6 Å². The summed E-state index contributed by atoms with van der Waals surface area (Å²) >= 11 is 0. The molecule has 1 aliphatic heterocycles. The number of carbonyl (C=O) groups excluding carboxylic acids is 2. The van der Waals surface area contributed by atoms with Crippen LogP contribution < -0.4 is 16.0 Å². The van der Waals surface area contributed by atoms with E-state index < -0.39 is 11.6 Å². The molecule has 0 bridgehead atoms. The van der Waals surface area contributed by atoms with E-state index in [1.807, 2.05) is 46.0 Å². The summed E-state index contributed by atoms with van der Waals surface area (Å²) in [7, 11) is 1.95. The van der Waals surface area contributed by atoms with Crippen molar-refractivity contribution >= 4 is 41.5 Å². The van der Waals surface area contributed by atoms with E-state index in [2.05, 4.69) is 39.8 Å². The van der Waals surface area contributed by atoms with Crippen LogP contribution in [0.25, 0.3) is 0 Å². The van der Waals surface area contributed by atoms with Crippen LogP contribution in [0.2, 0.25) is 0 Å². The first kappa shape index (κ1) is 31.0. The fraction of sp³-hybridized carbons (Fsp3) is 0.367. The third-order valence-corrected chi connectivity index (χ3v) is 6.02. The van der Waals surface area contributed by atoms with Gasteiger partial charge < -0.3 is 30.7 Å². The number of fused-ring (bicyclic) bond motifs is 1. The lowest BCUT2D eigenvalue weighted by Gasteiger charge is -2.31. The van der Waals surface area contributed by atoms with Gasteiger partial charge in [0, 0.05) is 36.7 Å². The molecule has 1 aliphatic rings. The average molecular weight is 563 g/mol. The second kappa shape index (κ2) is 13.7. The van der Waals surface area contributed by atoms with Crippen LogP contribution in [0.1, 0.15) is 66.5 Å². The van der Waals surface area contributed by atoms with Gasteiger partial charge in [0.25, 0.3) is 0 Å². The Bertz CT molecular complexity index is 1390. The Morgan fingerprint density at radius 2 is 1.78 bits per heavy atom. The number of ether oxygens (including phenoxy) is 1. The first-order chi connectivity index (χ1) is 19.4. The average Bonchev–Trinajstić information content (AvgIpc) is 2.92. The molecule has 0 saturated heterocycles. The molecule has 4 N–H and O–H groups in total. The standard InChI is InChI=1S/C26H27N5O5.C4H11N/c1-26(2,3)36-25(35)31-10-9-16-11-21(8-7-18(16)14-31)29-24-27-13-19(15-32)22(30-24)28-20-6-4-5-17(12-20)23(33)34;1-4(2)5-3/h4-8,11-13,15H,9-10,14H2,1-3H3,(H,33,34)(H2,27,28,29,30);4-5H,1-3H3. The van der Waals surface area contributed by atoms with Crippen molar-refractivity contribution in [3.63, 3.8) is 0 Å². The number of rotatable bonds is 7. The van der Waals surface area contributed by atoms with Crippen molar-refractivity contribution in [1.29, 1.82) is 0 Å². The Morgan fingerprint density at radius 3 is 2.41 bits per heavy atom. The summed E-state index contributed by atoms with van der Waals surface area (Å²) in [4.78, 5) is 45.5. The normalized spacial score (nSPS) is 12.5. The Morgan fingerprint density at radius 1 is 1.07 bits per heavy atom. The van der Waals surface area contributed by atoms with Crippen LogP contribution in [0.15, 0.2) is 48.7 Å². The number of nitrogens with zero attached hydrogens (tertiary/aromatic N) is 3. The summed E-state index contributed by atoms with van der Waals surface area (Å²) in [5.74, 6) is -0.541. The Kier molecular flexibility index (Phi) is 10.4. The number of nitrogens with one attached hydrogen (secondary N) is 3. The molecule has 0 aliphatic carbocycles. The fourth-order valence-electron chi connectivity index (χ4n) is 3.75. The van der Waals surface area contributed by atoms with Gasteiger partial charge in [-0.2, -0.15) is 4.98 Å². The molecule has 1 amide bonds. The van der Waals surface area contributed by atoms with Crippen molar-refractivity contribution in [1.82, 2.24) is 20.2 Å². The molecular weight excluding hydrogens is 524 g/mol. The summed E-state index contributed by atoms with van der Waals surface area (Å²) in [5, 5.41) is 18.4. The predicted molar refractivity (Wildman–Crippen MR) is 158 cm³/mol. The van der Waals surface area contributed by atoms with Crippen LogP contribution in [-0.4, -0.2) is 63.6 Å². The molecule has 2 heterocycles. The summed E-state index contributed by atoms with van der Waals surface area (Å²) in [5.41, 5.74) is 3.18. The smallest absolute Gasteiger partial charge is 0.410 e. The van der Waals surface area contributed by atoms with Crippen molar-refractivity contribution in [2.75, 3.05) is 24.2 Å². The molecule has 1 aromatic heterocycles. The van der Waals surface area contributed by atoms with Crippen LogP contribution in [-0.2, 0) is 17.7 Å². The molecule has 0 spiro atoms. The zero-order chi connectivity index (χ0) is 30.2. The first-order valence-electron chi connectivity index (χ1n) is 13.3. The molecule has 0 atom stereocenters. The number of aromatic carboxylic acids is 1. The van der Waals surface area contributed by atoms with E-state index in [4.69, 9.17) is 4.74 Å². The molecule has 0 saturated carbocycles. The maximum Gasteiger partial charge on any atom is 0.410 e. The lowest BCUT2D eigenvalue weighted by Crippen LogP contribution is -2.39. The number of carboxylic acids is 1. The third kappa shape index (κ3) is 9.28. The molecule has 11 nitrogen and oxygen atoms in total. The third-order valence-electron chi connectivity index (χ3n) is 6.02. The monoisotopic (exact) mass is 562 g/mol. The summed E-state index contributed by atoms with van der Waals surface area (Å²) in [6.07, 6.45) is 2.38. The number of amides is 1. The van der Waals surface area contributed by atoms with Gasteiger partial charge in [-0.1, -0.05) is 26.0 Å². The van der Waals surface area contributed by atoms with Crippen LogP contribution in [0.3, 0.4) is 0 Å². The molecule has 0 unspecified atom stereocenters. The van der Waals surface area contributed by atoms with Gasteiger partial charge in [0.1, 0.15) is 11.4 Å². The van der Waals surface area contributed by atoms with Crippen molar-refractivity contribution in [2.24, 2.45) is 0 Å². The maximum absolute atomic E-state index is 12.4. The van der Waals surface area contributed by atoms with Gasteiger partial charge in [0.15, 0.2) is 6.29 Å². The minimum Gasteiger partial charge on any atom is -0.478 e. The van der Waals surface area contributed by atoms with Gasteiger partial charge in [-0.15, -0.1) is 0 Å². The maximum atomic E-state index is 12.4. The minimum absolute atomic E-state index is 0.111. The highest BCUT2D eigenvalue weighted by Crippen LogP contribution is 2.26. The lowest BCUT2D eigenvalue weighted by atomic mass is 9.99. The van der Waals surface area contributed by atoms with E-state index in [9.17, 15) is 19.5 Å². The topological polar surface area (TPSA) is 146 Å². The zero-order valence-corrected chi connectivity index (χ0v) is 24.3. The number of hydrogen-bond acceptors (Lipinski definition) is 9. The number of carboxylic acid groups (broad SMARTS) is 1. The highest BCUT2D eigenvalue weighted by molar-refractivity contribution is 5.90. The largest absolute Gasteiger partial charge is 0.478 e. The van der Waals surface area contributed by atoms with Gasteiger partial charge in [0.05, 0.1) is 11.1 Å². The van der Waals surface area contributed by atoms with E-state index >= 15 is 0 Å². The summed E-state index contributed by atoms with van der Waals surface area (Å²) in [6, 6.07) is 12.7. The predicted octanol–water partition coefficient (Wildman–Crippen LogP) is 5.38. The Balaban J connectivity index is 0.000000850. The van der Waals surface area contributed by atoms with Crippen LogP contribution in [0.4, 0.5) is 27.9 Å². The molecular formula is C30H38N6O5. The lowest BCUT2D eigenvalue weighted by molar-refractivity contribution is 0.0223. The van der Waals surface area contributed by atoms with Gasteiger partial charge in [0.2, 0.25) is 5.95 Å². The number of aromatic nitrogens is 2. The molecule has 2 aromatic carbocycles. The van der Waals surface area contributed by atoms with Gasteiger partial charge in [-0.3, -0.25) is 4.79 Å².